The van der Waals surface area contributed by atoms with Crippen LogP contribution in [0.5, 0.6) is 0 Å². The molecule has 11 nitrogen and oxygen atoms in total. The molecule has 0 heterocycles. The van der Waals surface area contributed by atoms with Gasteiger partial charge in [0.2, 0.25) is 0 Å². The number of carbonyl (C=O) groups excluding carboxylic acids is 3. The Morgan fingerprint density at radius 3 is 1.22 bits per heavy atom. The van der Waals surface area contributed by atoms with Gasteiger partial charge in [-0.3, -0.25) is 23.4 Å². The van der Waals surface area contributed by atoms with Gasteiger partial charge in [0.15, 0.2) is 6.10 Å². The number of aliphatic hydroxyl groups excluding tert-OH is 1. The lowest BCUT2D eigenvalue weighted by molar-refractivity contribution is -0.161. The van der Waals surface area contributed by atoms with Crippen molar-refractivity contribution in [2.75, 3.05) is 26.4 Å². The summed E-state index contributed by atoms with van der Waals surface area (Å²) in [6, 6.07) is 0. The molecule has 3 unspecified atom stereocenters. The number of rotatable bonds is 49. The zero-order valence-corrected chi connectivity index (χ0v) is 42.2. The molecule has 0 aliphatic carbocycles. The Hall–Kier alpha value is -2.04. The fourth-order valence-corrected chi connectivity index (χ4v) is 8.12. The first-order valence-electron chi connectivity index (χ1n) is 26.2. The topological polar surface area (TPSA) is 155 Å². The van der Waals surface area contributed by atoms with E-state index >= 15 is 0 Å². The molecule has 376 valence electrons. The van der Waals surface area contributed by atoms with Crippen molar-refractivity contribution in [3.05, 3.63) is 24.3 Å². The van der Waals surface area contributed by atoms with Crippen molar-refractivity contribution >= 4 is 25.7 Å². The summed E-state index contributed by atoms with van der Waals surface area (Å²) < 4.78 is 39.3. The molecule has 0 bridgehead atoms. The van der Waals surface area contributed by atoms with Crippen molar-refractivity contribution < 1.29 is 52.2 Å². The molecule has 0 saturated carbocycles. The summed E-state index contributed by atoms with van der Waals surface area (Å²) in [7, 11) is -4.73. The van der Waals surface area contributed by atoms with Crippen LogP contribution in [0.1, 0.15) is 252 Å². The van der Waals surface area contributed by atoms with Gasteiger partial charge in [-0.1, -0.05) is 212 Å². The third-order valence-electron chi connectivity index (χ3n) is 11.4. The first-order valence-corrected chi connectivity index (χ1v) is 27.7. The number of carbonyl (C=O) groups is 3. The van der Waals surface area contributed by atoms with Crippen LogP contribution in [0.15, 0.2) is 24.3 Å². The Morgan fingerprint density at radius 2 is 0.797 bits per heavy atom. The number of hydrogen-bond acceptors (Lipinski definition) is 10. The highest BCUT2D eigenvalue weighted by Gasteiger charge is 2.28. The van der Waals surface area contributed by atoms with Crippen LogP contribution in [0, 0.1) is 0 Å². The van der Waals surface area contributed by atoms with E-state index in [0.717, 1.165) is 83.5 Å². The maximum absolute atomic E-state index is 12.8. The van der Waals surface area contributed by atoms with E-state index in [9.17, 15) is 28.9 Å². The Balaban J connectivity index is 4.72. The highest BCUT2D eigenvalue weighted by molar-refractivity contribution is 7.47. The molecule has 0 spiro atoms. The number of aliphatic hydroxyl groups is 1. The van der Waals surface area contributed by atoms with Crippen molar-refractivity contribution in [2.24, 2.45) is 0 Å². The molecule has 0 amide bonds. The average molecular weight is 929 g/mol. The largest absolute Gasteiger partial charge is 0.472 e. The molecule has 0 radical (unpaired) electrons. The second-order valence-corrected chi connectivity index (χ2v) is 19.2. The summed E-state index contributed by atoms with van der Waals surface area (Å²) >= 11 is 0. The Labute approximate surface area is 391 Å². The third-order valence-corrected chi connectivity index (χ3v) is 12.3. The number of ether oxygens (including phenoxy) is 3. The summed E-state index contributed by atoms with van der Waals surface area (Å²) in [5.41, 5.74) is 0. The van der Waals surface area contributed by atoms with E-state index in [1.807, 2.05) is 0 Å². The van der Waals surface area contributed by atoms with Gasteiger partial charge in [0.1, 0.15) is 12.7 Å². The van der Waals surface area contributed by atoms with E-state index in [2.05, 4.69) is 45.1 Å². The lowest BCUT2D eigenvalue weighted by Crippen LogP contribution is -2.30. The van der Waals surface area contributed by atoms with Crippen LogP contribution < -0.4 is 0 Å². The number of phosphoric acid groups is 1. The summed E-state index contributed by atoms with van der Waals surface area (Å²) in [5, 5.41) is 9.74. The molecule has 0 aliphatic heterocycles. The molecule has 0 rings (SSSR count). The van der Waals surface area contributed by atoms with E-state index in [-0.39, 0.29) is 25.9 Å². The standard InChI is InChI=1S/C52H97O11P/c1-4-7-10-13-16-19-21-23-24-26-27-30-32-35-38-41-50(54)59-45-49(63-52(56)43-40-37-34-31-28-25-22-20-17-14-11-8-5-2)47-61-64(57,58)60-46-48(44-53)62-51(55)42-39-36-33-29-18-15-12-9-6-3/h11,14,20,22,48-49,53H,4-10,12-13,15-19,21,23-47H2,1-3H3,(H,57,58)/b14-11-,22-20-. The highest BCUT2D eigenvalue weighted by atomic mass is 31.2. The number of phosphoric ester groups is 1. The smallest absolute Gasteiger partial charge is 0.462 e. The van der Waals surface area contributed by atoms with Gasteiger partial charge in [0.05, 0.1) is 19.8 Å². The predicted molar refractivity (Wildman–Crippen MR) is 261 cm³/mol. The van der Waals surface area contributed by atoms with E-state index in [1.54, 1.807) is 0 Å². The number of esters is 3. The van der Waals surface area contributed by atoms with Gasteiger partial charge in [-0.2, -0.15) is 0 Å². The Bertz CT molecular complexity index is 1180. The molecule has 0 aromatic heterocycles. The minimum atomic E-state index is -4.73. The number of hydrogen-bond donors (Lipinski definition) is 2. The molecular weight excluding hydrogens is 832 g/mol. The molecule has 0 aliphatic rings. The van der Waals surface area contributed by atoms with E-state index in [4.69, 9.17) is 23.3 Å². The lowest BCUT2D eigenvalue weighted by atomic mass is 10.0. The quantitative estimate of drug-likeness (QED) is 0.0197. The maximum atomic E-state index is 12.8. The van der Waals surface area contributed by atoms with Gasteiger partial charge < -0.3 is 24.2 Å². The molecule has 2 N–H and O–H groups in total. The number of allylic oxidation sites excluding steroid dienone is 4. The van der Waals surface area contributed by atoms with Gasteiger partial charge in [-0.25, -0.2) is 4.57 Å². The zero-order valence-electron chi connectivity index (χ0n) is 41.3. The van der Waals surface area contributed by atoms with Crippen LogP contribution in [0.2, 0.25) is 0 Å². The third kappa shape index (κ3) is 45.1. The predicted octanol–water partition coefficient (Wildman–Crippen LogP) is 14.7. The van der Waals surface area contributed by atoms with Crippen molar-refractivity contribution in [2.45, 2.75) is 264 Å². The fourth-order valence-electron chi connectivity index (χ4n) is 7.34. The van der Waals surface area contributed by atoms with E-state index < -0.39 is 57.8 Å². The minimum Gasteiger partial charge on any atom is -0.462 e. The molecule has 0 aromatic carbocycles. The highest BCUT2D eigenvalue weighted by Crippen LogP contribution is 2.43. The maximum Gasteiger partial charge on any atom is 0.472 e. The SMILES string of the molecule is CCC/C=C\C/C=C\CCCCCCCC(=O)OC(COC(=O)CCCCCCCCCCCCCCCCC)COP(=O)(O)OCC(CO)OC(=O)CCCCCCCCCCC. The molecule has 0 aromatic rings. The van der Waals surface area contributed by atoms with Crippen LogP contribution >= 0.6 is 7.82 Å². The molecule has 12 heteroatoms. The first-order chi connectivity index (χ1) is 31.2. The summed E-state index contributed by atoms with van der Waals surface area (Å²) in [6.07, 6.45) is 44.4. The number of unbranched alkanes of at least 4 members (excludes halogenated alkanes) is 28. The molecule has 3 atom stereocenters. The lowest BCUT2D eigenvalue weighted by Gasteiger charge is -2.21. The van der Waals surface area contributed by atoms with Crippen LogP contribution in [0.4, 0.5) is 0 Å². The van der Waals surface area contributed by atoms with Gasteiger partial charge in [-0.05, 0) is 44.9 Å². The van der Waals surface area contributed by atoms with Crippen molar-refractivity contribution in [3.8, 4) is 0 Å². The molecule has 0 fully saturated rings. The van der Waals surface area contributed by atoms with Gasteiger partial charge in [-0.15, -0.1) is 0 Å². The normalized spacial score (nSPS) is 13.6. The van der Waals surface area contributed by atoms with E-state index in [1.165, 1.54) is 109 Å². The van der Waals surface area contributed by atoms with E-state index in [0.29, 0.717) is 19.3 Å². The zero-order chi connectivity index (χ0) is 47.0. The average Bonchev–Trinajstić information content (AvgIpc) is 3.28. The molecule has 0 saturated heterocycles. The van der Waals surface area contributed by atoms with Gasteiger partial charge in [0.25, 0.3) is 0 Å². The fraction of sp³-hybridized carbons (Fsp3) is 0.865. The summed E-state index contributed by atoms with van der Waals surface area (Å²) in [5.74, 6) is -1.47. The van der Waals surface area contributed by atoms with Crippen LogP contribution in [-0.2, 0) is 42.2 Å². The molecular formula is C52H97O11P. The Morgan fingerprint density at radius 1 is 0.438 bits per heavy atom. The van der Waals surface area contributed by atoms with Crippen LogP contribution in [0.25, 0.3) is 0 Å². The van der Waals surface area contributed by atoms with Gasteiger partial charge >= 0.3 is 25.7 Å². The van der Waals surface area contributed by atoms with Crippen LogP contribution in [-0.4, -0.2) is 66.5 Å². The second-order valence-electron chi connectivity index (χ2n) is 17.7. The summed E-state index contributed by atoms with van der Waals surface area (Å²) in [6.45, 7) is 4.56. The molecule has 64 heavy (non-hydrogen) atoms. The van der Waals surface area contributed by atoms with Gasteiger partial charge in [0, 0.05) is 19.3 Å². The monoisotopic (exact) mass is 929 g/mol. The van der Waals surface area contributed by atoms with Crippen LogP contribution in [0.3, 0.4) is 0 Å². The summed E-state index contributed by atoms with van der Waals surface area (Å²) in [4.78, 5) is 48.2. The Kier molecular flexibility index (Phi) is 45.9. The first kappa shape index (κ1) is 62.0. The van der Waals surface area contributed by atoms with Crippen molar-refractivity contribution in [1.29, 1.82) is 0 Å². The van der Waals surface area contributed by atoms with Crippen molar-refractivity contribution in [1.82, 2.24) is 0 Å². The minimum absolute atomic E-state index is 0.156. The second kappa shape index (κ2) is 47.5. The van der Waals surface area contributed by atoms with Crippen molar-refractivity contribution in [3.63, 3.8) is 0 Å².